The maximum atomic E-state index is 9.63. The molecule has 0 aliphatic carbocycles. The summed E-state index contributed by atoms with van der Waals surface area (Å²) < 4.78 is 0. The molecule has 0 radical (unpaired) electrons. The van der Waals surface area contributed by atoms with Crippen LogP contribution in [0.1, 0.15) is 29.3 Å². The van der Waals surface area contributed by atoms with Crippen molar-refractivity contribution in [2.24, 2.45) is 0 Å². The van der Waals surface area contributed by atoms with E-state index in [0.717, 1.165) is 35.7 Å². The third-order valence-corrected chi connectivity index (χ3v) is 3.51. The molecule has 106 valence electrons. The van der Waals surface area contributed by atoms with Crippen LogP contribution in [0.15, 0.2) is 36.4 Å². The number of aliphatic hydroxyl groups excluding tert-OH is 1. The van der Waals surface area contributed by atoms with Gasteiger partial charge in [-0.15, -0.1) is 0 Å². The maximum Gasteiger partial charge on any atom is 0.134 e. The predicted octanol–water partition coefficient (Wildman–Crippen LogP) is 3.22. The van der Waals surface area contributed by atoms with E-state index < -0.39 is 0 Å². The summed E-state index contributed by atoms with van der Waals surface area (Å²) in [6, 6.07) is 12.4. The monoisotopic (exact) mass is 270 g/mol. The standard InChI is InChI=1S/C17H22N2O/c1-4-19(11-15-8-6-5-7-9-15)17-16(12-20)13(2)10-14(3)18-17/h5-10,20H,4,11-12H2,1-3H3. The van der Waals surface area contributed by atoms with Crippen molar-refractivity contribution >= 4 is 5.82 Å². The topological polar surface area (TPSA) is 36.4 Å². The minimum atomic E-state index is 0.0275. The maximum absolute atomic E-state index is 9.63. The third kappa shape index (κ3) is 3.17. The molecule has 0 bridgehead atoms. The first kappa shape index (κ1) is 14.5. The van der Waals surface area contributed by atoms with Crippen molar-refractivity contribution in [3.05, 3.63) is 58.8 Å². The van der Waals surface area contributed by atoms with E-state index in [2.05, 4.69) is 28.9 Å². The van der Waals surface area contributed by atoms with Crippen LogP contribution < -0.4 is 4.90 Å². The lowest BCUT2D eigenvalue weighted by molar-refractivity contribution is 0.280. The fraction of sp³-hybridized carbons (Fsp3) is 0.353. The highest BCUT2D eigenvalue weighted by molar-refractivity contribution is 5.51. The van der Waals surface area contributed by atoms with Crippen LogP contribution >= 0.6 is 0 Å². The smallest absolute Gasteiger partial charge is 0.134 e. The molecule has 20 heavy (non-hydrogen) atoms. The molecular weight excluding hydrogens is 248 g/mol. The van der Waals surface area contributed by atoms with Crippen LogP contribution in [0.3, 0.4) is 0 Å². The molecule has 0 unspecified atom stereocenters. The van der Waals surface area contributed by atoms with E-state index in [1.54, 1.807) is 0 Å². The average Bonchev–Trinajstić information content (AvgIpc) is 2.45. The molecule has 0 saturated carbocycles. The summed E-state index contributed by atoms with van der Waals surface area (Å²) in [5, 5.41) is 9.63. The molecule has 1 heterocycles. The number of rotatable bonds is 5. The lowest BCUT2D eigenvalue weighted by Gasteiger charge is -2.25. The van der Waals surface area contributed by atoms with Gasteiger partial charge in [0.05, 0.1) is 6.61 Å². The van der Waals surface area contributed by atoms with Crippen LogP contribution in [0, 0.1) is 13.8 Å². The number of benzene rings is 1. The Morgan fingerprint density at radius 1 is 1.15 bits per heavy atom. The lowest BCUT2D eigenvalue weighted by atomic mass is 10.1. The van der Waals surface area contributed by atoms with Gasteiger partial charge >= 0.3 is 0 Å². The first-order valence-electron chi connectivity index (χ1n) is 7.02. The zero-order valence-electron chi connectivity index (χ0n) is 12.4. The Hall–Kier alpha value is -1.87. The van der Waals surface area contributed by atoms with Crippen molar-refractivity contribution in [3.63, 3.8) is 0 Å². The SMILES string of the molecule is CCN(Cc1ccccc1)c1nc(C)cc(C)c1CO. The highest BCUT2D eigenvalue weighted by Crippen LogP contribution is 2.24. The predicted molar refractivity (Wildman–Crippen MR) is 82.8 cm³/mol. The van der Waals surface area contributed by atoms with Crippen LogP contribution in [-0.2, 0) is 13.2 Å². The molecule has 1 aromatic carbocycles. The van der Waals surface area contributed by atoms with E-state index >= 15 is 0 Å². The van der Waals surface area contributed by atoms with Gasteiger partial charge in [0, 0.05) is 24.3 Å². The number of nitrogens with zero attached hydrogens (tertiary/aromatic N) is 2. The van der Waals surface area contributed by atoms with Gasteiger partial charge in [-0.05, 0) is 38.0 Å². The molecule has 0 spiro atoms. The van der Waals surface area contributed by atoms with Gasteiger partial charge in [0.15, 0.2) is 0 Å². The minimum Gasteiger partial charge on any atom is -0.392 e. The quantitative estimate of drug-likeness (QED) is 0.906. The van der Waals surface area contributed by atoms with Gasteiger partial charge in [-0.25, -0.2) is 4.98 Å². The number of aromatic nitrogens is 1. The minimum absolute atomic E-state index is 0.0275. The Labute approximate surface area is 120 Å². The molecule has 2 rings (SSSR count). The second-order valence-electron chi connectivity index (χ2n) is 5.04. The van der Waals surface area contributed by atoms with Gasteiger partial charge in [-0.2, -0.15) is 0 Å². The van der Waals surface area contributed by atoms with Crippen LogP contribution in [-0.4, -0.2) is 16.6 Å². The first-order chi connectivity index (χ1) is 9.65. The molecule has 0 atom stereocenters. The molecule has 1 N–H and O–H groups in total. The van der Waals surface area contributed by atoms with Crippen LogP contribution in [0.25, 0.3) is 0 Å². The summed E-state index contributed by atoms with van der Waals surface area (Å²) >= 11 is 0. The van der Waals surface area contributed by atoms with Crippen molar-refractivity contribution in [2.45, 2.75) is 33.9 Å². The molecule has 0 saturated heterocycles. The second kappa shape index (κ2) is 6.53. The van der Waals surface area contributed by atoms with E-state index in [4.69, 9.17) is 0 Å². The number of anilines is 1. The molecule has 0 aliphatic heterocycles. The van der Waals surface area contributed by atoms with Gasteiger partial charge in [0.25, 0.3) is 0 Å². The zero-order chi connectivity index (χ0) is 14.5. The largest absolute Gasteiger partial charge is 0.392 e. The highest BCUT2D eigenvalue weighted by Gasteiger charge is 2.14. The highest BCUT2D eigenvalue weighted by atomic mass is 16.3. The van der Waals surface area contributed by atoms with Gasteiger partial charge in [-0.1, -0.05) is 30.3 Å². The zero-order valence-corrected chi connectivity index (χ0v) is 12.4. The molecule has 3 heteroatoms. The Balaban J connectivity index is 2.36. The number of hydrogen-bond acceptors (Lipinski definition) is 3. The van der Waals surface area contributed by atoms with E-state index in [0.29, 0.717) is 0 Å². The van der Waals surface area contributed by atoms with Crippen LogP contribution in [0.2, 0.25) is 0 Å². The fourth-order valence-electron chi connectivity index (χ4n) is 2.44. The number of aliphatic hydroxyl groups is 1. The molecular formula is C17H22N2O. The molecule has 0 aliphatic rings. The van der Waals surface area contributed by atoms with Gasteiger partial charge < -0.3 is 10.0 Å². The molecule has 0 fully saturated rings. The Bertz CT molecular complexity index is 567. The van der Waals surface area contributed by atoms with Crippen molar-refractivity contribution < 1.29 is 5.11 Å². The average molecular weight is 270 g/mol. The summed E-state index contributed by atoms with van der Waals surface area (Å²) in [5.41, 5.74) is 4.26. The summed E-state index contributed by atoms with van der Waals surface area (Å²) in [6.45, 7) is 7.83. The van der Waals surface area contributed by atoms with Crippen molar-refractivity contribution in [1.29, 1.82) is 0 Å². The van der Waals surface area contributed by atoms with E-state index in [9.17, 15) is 5.11 Å². The van der Waals surface area contributed by atoms with Gasteiger partial charge in [0.2, 0.25) is 0 Å². The molecule has 3 nitrogen and oxygen atoms in total. The Morgan fingerprint density at radius 3 is 2.45 bits per heavy atom. The molecule has 0 amide bonds. The number of hydrogen-bond donors (Lipinski definition) is 1. The Morgan fingerprint density at radius 2 is 1.85 bits per heavy atom. The normalized spacial score (nSPS) is 10.6. The lowest BCUT2D eigenvalue weighted by Crippen LogP contribution is -2.25. The summed E-state index contributed by atoms with van der Waals surface area (Å²) in [4.78, 5) is 6.85. The molecule has 2 aromatic rings. The van der Waals surface area contributed by atoms with Crippen molar-refractivity contribution in [2.75, 3.05) is 11.4 Å². The Kier molecular flexibility index (Phi) is 4.74. The van der Waals surface area contributed by atoms with Crippen LogP contribution in [0.4, 0.5) is 5.82 Å². The fourth-order valence-corrected chi connectivity index (χ4v) is 2.44. The van der Waals surface area contributed by atoms with Gasteiger partial charge in [0.1, 0.15) is 5.82 Å². The van der Waals surface area contributed by atoms with Crippen LogP contribution in [0.5, 0.6) is 0 Å². The van der Waals surface area contributed by atoms with E-state index in [-0.39, 0.29) is 6.61 Å². The third-order valence-electron chi connectivity index (χ3n) is 3.51. The van der Waals surface area contributed by atoms with Crippen molar-refractivity contribution in [3.8, 4) is 0 Å². The number of pyridine rings is 1. The molecule has 1 aromatic heterocycles. The van der Waals surface area contributed by atoms with Gasteiger partial charge in [-0.3, -0.25) is 0 Å². The summed E-state index contributed by atoms with van der Waals surface area (Å²) in [5.74, 6) is 0.899. The summed E-state index contributed by atoms with van der Waals surface area (Å²) in [7, 11) is 0. The first-order valence-corrected chi connectivity index (χ1v) is 7.02. The van der Waals surface area contributed by atoms with E-state index in [1.165, 1.54) is 5.56 Å². The summed E-state index contributed by atoms with van der Waals surface area (Å²) in [6.07, 6.45) is 0. The van der Waals surface area contributed by atoms with E-state index in [1.807, 2.05) is 38.1 Å². The number of aryl methyl sites for hydroxylation is 2. The van der Waals surface area contributed by atoms with Crippen molar-refractivity contribution in [1.82, 2.24) is 4.98 Å². The second-order valence-corrected chi connectivity index (χ2v) is 5.04.